The van der Waals surface area contributed by atoms with Crippen LogP contribution in [0.5, 0.6) is 0 Å². The molecule has 0 saturated carbocycles. The fourth-order valence-corrected chi connectivity index (χ4v) is 1.52. The lowest BCUT2D eigenvalue weighted by molar-refractivity contribution is -0.140. The third-order valence-electron chi connectivity index (χ3n) is 2.49. The summed E-state index contributed by atoms with van der Waals surface area (Å²) in [5, 5.41) is 12.0. The molecule has 0 bridgehead atoms. The molecule has 0 aliphatic heterocycles. The van der Waals surface area contributed by atoms with Crippen LogP contribution in [0.1, 0.15) is 18.5 Å². The van der Waals surface area contributed by atoms with E-state index in [1.165, 1.54) is 7.11 Å². The summed E-state index contributed by atoms with van der Waals surface area (Å²) in [6, 6.07) is 0. The molecule has 0 aromatic carbocycles. The van der Waals surface area contributed by atoms with Crippen molar-refractivity contribution >= 4 is 5.97 Å². The molecule has 2 aromatic rings. The van der Waals surface area contributed by atoms with E-state index in [2.05, 4.69) is 20.0 Å². The minimum absolute atomic E-state index is 0.0234. The summed E-state index contributed by atoms with van der Waals surface area (Å²) >= 11 is 0. The molecule has 0 amide bonds. The SMILES string of the molecule is CCn1cc(-c2nnc(CC(=O)OC)o2)c(C)n1. The maximum atomic E-state index is 11.1. The van der Waals surface area contributed by atoms with E-state index in [9.17, 15) is 4.79 Å². The van der Waals surface area contributed by atoms with Crippen molar-refractivity contribution in [1.29, 1.82) is 0 Å². The Kier molecular flexibility index (Phi) is 3.40. The van der Waals surface area contributed by atoms with Crippen LogP contribution in [0, 0.1) is 6.92 Å². The van der Waals surface area contributed by atoms with Crippen LogP contribution in [-0.4, -0.2) is 33.1 Å². The van der Waals surface area contributed by atoms with Gasteiger partial charge in [0.1, 0.15) is 6.42 Å². The number of rotatable bonds is 4. The average molecular weight is 250 g/mol. The van der Waals surface area contributed by atoms with E-state index in [0.29, 0.717) is 5.89 Å². The Labute approximate surface area is 104 Å². The molecule has 7 heteroatoms. The summed E-state index contributed by atoms with van der Waals surface area (Å²) in [7, 11) is 1.31. The summed E-state index contributed by atoms with van der Waals surface area (Å²) in [4.78, 5) is 11.1. The van der Waals surface area contributed by atoms with E-state index in [1.54, 1.807) is 4.68 Å². The van der Waals surface area contributed by atoms with Crippen LogP contribution in [0.4, 0.5) is 0 Å². The van der Waals surface area contributed by atoms with Gasteiger partial charge in [-0.25, -0.2) is 0 Å². The molecule has 0 fully saturated rings. The van der Waals surface area contributed by atoms with Gasteiger partial charge in [-0.2, -0.15) is 5.10 Å². The number of esters is 1. The van der Waals surface area contributed by atoms with E-state index in [0.717, 1.165) is 17.8 Å². The fourth-order valence-electron chi connectivity index (χ4n) is 1.52. The number of ether oxygens (including phenoxy) is 1. The molecule has 0 N–H and O–H groups in total. The summed E-state index contributed by atoms with van der Waals surface area (Å²) in [5.74, 6) is 0.192. The monoisotopic (exact) mass is 250 g/mol. The van der Waals surface area contributed by atoms with Crippen molar-refractivity contribution in [2.24, 2.45) is 0 Å². The highest BCUT2D eigenvalue weighted by Crippen LogP contribution is 2.21. The number of hydrogen-bond donors (Lipinski definition) is 0. The first-order valence-electron chi connectivity index (χ1n) is 5.57. The Morgan fingerprint density at radius 3 is 2.89 bits per heavy atom. The highest BCUT2D eigenvalue weighted by molar-refractivity contribution is 5.71. The molecule has 0 atom stereocenters. The van der Waals surface area contributed by atoms with Gasteiger partial charge >= 0.3 is 5.97 Å². The van der Waals surface area contributed by atoms with Crippen LogP contribution in [-0.2, 0) is 22.5 Å². The normalized spacial score (nSPS) is 10.6. The molecule has 0 spiro atoms. The molecular formula is C11H14N4O3. The minimum Gasteiger partial charge on any atom is -0.469 e. The summed E-state index contributed by atoms with van der Waals surface area (Å²) < 4.78 is 11.7. The number of carbonyl (C=O) groups excluding carboxylic acids is 1. The first-order chi connectivity index (χ1) is 8.63. The van der Waals surface area contributed by atoms with Crippen molar-refractivity contribution in [3.05, 3.63) is 17.8 Å². The second-order valence-electron chi connectivity index (χ2n) is 3.74. The lowest BCUT2D eigenvalue weighted by atomic mass is 10.3. The molecule has 96 valence electrons. The molecular weight excluding hydrogens is 236 g/mol. The highest BCUT2D eigenvalue weighted by Gasteiger charge is 2.16. The third-order valence-corrected chi connectivity index (χ3v) is 2.49. The van der Waals surface area contributed by atoms with Gasteiger partial charge in [0.2, 0.25) is 5.89 Å². The van der Waals surface area contributed by atoms with Crippen molar-refractivity contribution in [2.75, 3.05) is 7.11 Å². The predicted octanol–water partition coefficient (Wildman–Crippen LogP) is 0.977. The van der Waals surface area contributed by atoms with Crippen LogP contribution >= 0.6 is 0 Å². The average Bonchev–Trinajstić information content (AvgIpc) is 2.95. The summed E-state index contributed by atoms with van der Waals surface area (Å²) in [5.41, 5.74) is 1.59. The third kappa shape index (κ3) is 2.39. The topological polar surface area (TPSA) is 83.0 Å². The maximum absolute atomic E-state index is 11.1. The van der Waals surface area contributed by atoms with Gasteiger partial charge in [0.25, 0.3) is 5.89 Å². The van der Waals surface area contributed by atoms with E-state index in [-0.39, 0.29) is 12.3 Å². The van der Waals surface area contributed by atoms with Crippen LogP contribution in [0.25, 0.3) is 11.5 Å². The van der Waals surface area contributed by atoms with Crippen molar-refractivity contribution in [2.45, 2.75) is 26.8 Å². The molecule has 0 aliphatic carbocycles. The zero-order valence-corrected chi connectivity index (χ0v) is 10.5. The summed E-state index contributed by atoms with van der Waals surface area (Å²) in [6.45, 7) is 4.63. The van der Waals surface area contributed by atoms with Gasteiger partial charge in [-0.05, 0) is 13.8 Å². The van der Waals surface area contributed by atoms with Crippen LogP contribution in [0.3, 0.4) is 0 Å². The van der Waals surface area contributed by atoms with Gasteiger partial charge in [0.05, 0.1) is 18.4 Å². The Balaban J connectivity index is 2.23. The van der Waals surface area contributed by atoms with E-state index >= 15 is 0 Å². The highest BCUT2D eigenvalue weighted by atomic mass is 16.5. The molecule has 0 radical (unpaired) electrons. The first-order valence-corrected chi connectivity index (χ1v) is 5.57. The van der Waals surface area contributed by atoms with Gasteiger partial charge in [-0.1, -0.05) is 0 Å². The number of aryl methyl sites for hydroxylation is 2. The molecule has 0 aliphatic rings. The number of hydrogen-bond acceptors (Lipinski definition) is 6. The molecule has 2 heterocycles. The standard InChI is InChI=1S/C11H14N4O3/c1-4-15-6-8(7(2)14-15)11-13-12-9(18-11)5-10(16)17-3/h6H,4-5H2,1-3H3. The zero-order chi connectivity index (χ0) is 13.1. The molecule has 18 heavy (non-hydrogen) atoms. The smallest absolute Gasteiger partial charge is 0.315 e. The fraction of sp³-hybridized carbons (Fsp3) is 0.455. The van der Waals surface area contributed by atoms with Gasteiger partial charge in [0.15, 0.2) is 0 Å². The predicted molar refractivity (Wildman–Crippen MR) is 61.7 cm³/mol. The van der Waals surface area contributed by atoms with Crippen molar-refractivity contribution in [3.8, 4) is 11.5 Å². The zero-order valence-electron chi connectivity index (χ0n) is 10.5. The minimum atomic E-state index is -0.411. The van der Waals surface area contributed by atoms with Crippen LogP contribution < -0.4 is 0 Å². The van der Waals surface area contributed by atoms with Crippen LogP contribution in [0.2, 0.25) is 0 Å². The second kappa shape index (κ2) is 4.99. The van der Waals surface area contributed by atoms with E-state index < -0.39 is 5.97 Å². The molecule has 0 saturated heterocycles. The first kappa shape index (κ1) is 12.3. The van der Waals surface area contributed by atoms with Crippen LogP contribution in [0.15, 0.2) is 10.6 Å². The lowest BCUT2D eigenvalue weighted by Crippen LogP contribution is -2.04. The Morgan fingerprint density at radius 1 is 1.50 bits per heavy atom. The number of aromatic nitrogens is 4. The maximum Gasteiger partial charge on any atom is 0.315 e. The van der Waals surface area contributed by atoms with Crippen molar-refractivity contribution in [1.82, 2.24) is 20.0 Å². The molecule has 2 rings (SSSR count). The van der Waals surface area contributed by atoms with Gasteiger partial charge in [0, 0.05) is 12.7 Å². The number of methoxy groups -OCH3 is 1. The van der Waals surface area contributed by atoms with Crippen molar-refractivity contribution < 1.29 is 13.9 Å². The number of carbonyl (C=O) groups is 1. The van der Waals surface area contributed by atoms with Gasteiger partial charge in [-0.3, -0.25) is 9.48 Å². The Hall–Kier alpha value is -2.18. The molecule has 2 aromatic heterocycles. The number of nitrogens with zero attached hydrogens (tertiary/aromatic N) is 4. The van der Waals surface area contributed by atoms with Gasteiger partial charge < -0.3 is 9.15 Å². The lowest BCUT2D eigenvalue weighted by Gasteiger charge is -1.92. The summed E-state index contributed by atoms with van der Waals surface area (Å²) in [6.07, 6.45) is 1.81. The molecule has 7 nitrogen and oxygen atoms in total. The molecule has 0 unspecified atom stereocenters. The van der Waals surface area contributed by atoms with Gasteiger partial charge in [-0.15, -0.1) is 10.2 Å². The Morgan fingerprint density at radius 2 is 2.28 bits per heavy atom. The quantitative estimate of drug-likeness (QED) is 0.752. The van der Waals surface area contributed by atoms with Crippen molar-refractivity contribution in [3.63, 3.8) is 0 Å². The van der Waals surface area contributed by atoms with E-state index in [4.69, 9.17) is 4.42 Å². The van der Waals surface area contributed by atoms with E-state index in [1.807, 2.05) is 20.0 Å². The largest absolute Gasteiger partial charge is 0.469 e. The second-order valence-corrected chi connectivity index (χ2v) is 3.74. The Bertz CT molecular complexity index is 558.